The van der Waals surface area contributed by atoms with E-state index in [-0.39, 0.29) is 0 Å². The van der Waals surface area contributed by atoms with E-state index in [0.717, 1.165) is 17.9 Å². The van der Waals surface area contributed by atoms with Gasteiger partial charge in [-0.15, -0.1) is 11.3 Å². The molecule has 0 bridgehead atoms. The van der Waals surface area contributed by atoms with E-state index in [0.29, 0.717) is 6.61 Å². The summed E-state index contributed by atoms with van der Waals surface area (Å²) in [4.78, 5) is 2.64. The lowest BCUT2D eigenvalue weighted by atomic mass is 10.3. The Labute approximate surface area is 99.7 Å². The second-order valence-corrected chi connectivity index (χ2v) is 4.84. The van der Waals surface area contributed by atoms with Crippen LogP contribution in [0.25, 0.3) is 0 Å². The average molecular weight is 233 g/mol. The second kappa shape index (κ2) is 5.03. The van der Waals surface area contributed by atoms with Crippen LogP contribution in [0.1, 0.15) is 16.7 Å². The zero-order valence-electron chi connectivity index (χ0n) is 9.27. The highest BCUT2D eigenvalue weighted by molar-refractivity contribution is 7.11. The van der Waals surface area contributed by atoms with Gasteiger partial charge in [0.05, 0.1) is 0 Å². The Hall–Kier alpha value is -1.48. The van der Waals surface area contributed by atoms with Gasteiger partial charge in [-0.1, -0.05) is 13.0 Å². The number of hydrogen-bond acceptors (Lipinski definition) is 3. The number of anilines is 1. The van der Waals surface area contributed by atoms with Crippen molar-refractivity contribution >= 4 is 17.0 Å². The summed E-state index contributed by atoms with van der Waals surface area (Å²) < 4.78 is 5.66. The molecule has 0 atom stereocenters. The van der Waals surface area contributed by atoms with Gasteiger partial charge in [0.15, 0.2) is 0 Å². The van der Waals surface area contributed by atoms with Crippen LogP contribution in [0.5, 0.6) is 5.75 Å². The van der Waals surface area contributed by atoms with Crippen LogP contribution in [0.4, 0.5) is 5.69 Å². The highest BCUT2D eigenvalue weighted by atomic mass is 32.1. The molecule has 0 aliphatic carbocycles. The zero-order chi connectivity index (χ0) is 11.4. The molecule has 3 heteroatoms. The minimum absolute atomic E-state index is 0.619. The normalized spacial score (nSPS) is 10.3. The van der Waals surface area contributed by atoms with Crippen molar-refractivity contribution in [2.75, 3.05) is 5.73 Å². The fourth-order valence-corrected chi connectivity index (χ4v) is 2.32. The molecular formula is C13H15NOS. The van der Waals surface area contributed by atoms with E-state index in [1.165, 1.54) is 9.75 Å². The average Bonchev–Trinajstić information content (AvgIpc) is 2.74. The van der Waals surface area contributed by atoms with E-state index in [4.69, 9.17) is 10.5 Å². The lowest BCUT2D eigenvalue weighted by molar-refractivity contribution is 0.310. The Kier molecular flexibility index (Phi) is 3.47. The van der Waals surface area contributed by atoms with Gasteiger partial charge in [0.25, 0.3) is 0 Å². The quantitative estimate of drug-likeness (QED) is 0.821. The summed E-state index contributed by atoms with van der Waals surface area (Å²) in [6, 6.07) is 11.8. The SMILES string of the molecule is CCc1ccc(COc2cccc(N)c2)s1. The third-order valence-electron chi connectivity index (χ3n) is 2.30. The molecule has 1 aromatic heterocycles. The van der Waals surface area contributed by atoms with Crippen LogP contribution < -0.4 is 10.5 Å². The molecule has 1 aromatic carbocycles. The Balaban J connectivity index is 1.96. The number of aryl methyl sites for hydroxylation is 1. The first-order valence-corrected chi connectivity index (χ1v) is 6.15. The van der Waals surface area contributed by atoms with Gasteiger partial charge >= 0.3 is 0 Å². The monoisotopic (exact) mass is 233 g/mol. The van der Waals surface area contributed by atoms with Crippen LogP contribution in [0.3, 0.4) is 0 Å². The van der Waals surface area contributed by atoms with Gasteiger partial charge in [-0.05, 0) is 30.7 Å². The largest absolute Gasteiger partial charge is 0.488 e. The van der Waals surface area contributed by atoms with Crippen molar-refractivity contribution in [1.29, 1.82) is 0 Å². The van der Waals surface area contributed by atoms with Crippen molar-refractivity contribution in [3.05, 3.63) is 46.2 Å². The maximum absolute atomic E-state index is 5.68. The number of benzene rings is 1. The van der Waals surface area contributed by atoms with E-state index < -0.39 is 0 Å². The zero-order valence-corrected chi connectivity index (χ0v) is 10.1. The molecular weight excluding hydrogens is 218 g/mol. The van der Waals surface area contributed by atoms with E-state index in [9.17, 15) is 0 Å². The predicted molar refractivity (Wildman–Crippen MR) is 68.9 cm³/mol. The van der Waals surface area contributed by atoms with Gasteiger partial charge in [0.2, 0.25) is 0 Å². The molecule has 0 spiro atoms. The Morgan fingerprint density at radius 2 is 2.00 bits per heavy atom. The highest BCUT2D eigenvalue weighted by Crippen LogP contribution is 2.20. The molecule has 0 unspecified atom stereocenters. The van der Waals surface area contributed by atoms with E-state index in [2.05, 4.69) is 19.1 Å². The van der Waals surface area contributed by atoms with Gasteiger partial charge in [-0.25, -0.2) is 0 Å². The second-order valence-electron chi connectivity index (χ2n) is 3.58. The fourth-order valence-electron chi connectivity index (χ4n) is 1.45. The van der Waals surface area contributed by atoms with Gasteiger partial charge in [0.1, 0.15) is 12.4 Å². The smallest absolute Gasteiger partial charge is 0.122 e. The molecule has 0 saturated carbocycles. The fraction of sp³-hybridized carbons (Fsp3) is 0.231. The van der Waals surface area contributed by atoms with Crippen LogP contribution >= 0.6 is 11.3 Å². The molecule has 84 valence electrons. The summed E-state index contributed by atoms with van der Waals surface area (Å²) in [5, 5.41) is 0. The Morgan fingerprint density at radius 3 is 2.69 bits per heavy atom. The maximum atomic E-state index is 5.68. The van der Waals surface area contributed by atoms with Crippen molar-refractivity contribution in [3.8, 4) is 5.75 Å². The van der Waals surface area contributed by atoms with Crippen molar-refractivity contribution < 1.29 is 4.74 Å². The third-order valence-corrected chi connectivity index (χ3v) is 3.51. The minimum atomic E-state index is 0.619. The number of thiophene rings is 1. The van der Waals surface area contributed by atoms with Crippen LogP contribution in [-0.2, 0) is 13.0 Å². The van der Waals surface area contributed by atoms with Gasteiger partial charge in [-0.3, -0.25) is 0 Å². The third kappa shape index (κ3) is 2.76. The number of nitrogens with two attached hydrogens (primary N) is 1. The van der Waals surface area contributed by atoms with Crippen molar-refractivity contribution in [2.24, 2.45) is 0 Å². The summed E-state index contributed by atoms with van der Waals surface area (Å²) in [5.41, 5.74) is 6.41. The first kappa shape index (κ1) is 11.0. The summed E-state index contributed by atoms with van der Waals surface area (Å²) in [6.07, 6.45) is 1.09. The molecule has 2 N–H and O–H groups in total. The summed E-state index contributed by atoms with van der Waals surface area (Å²) in [6.45, 7) is 2.78. The number of rotatable bonds is 4. The number of ether oxygens (including phenoxy) is 1. The number of hydrogen-bond donors (Lipinski definition) is 1. The molecule has 0 radical (unpaired) electrons. The molecule has 2 aromatic rings. The lowest BCUT2D eigenvalue weighted by Gasteiger charge is -2.04. The van der Waals surface area contributed by atoms with Crippen LogP contribution in [0, 0.1) is 0 Å². The summed E-state index contributed by atoms with van der Waals surface area (Å²) in [5.74, 6) is 0.825. The lowest BCUT2D eigenvalue weighted by Crippen LogP contribution is -1.93. The molecule has 16 heavy (non-hydrogen) atoms. The Morgan fingerprint density at radius 1 is 1.19 bits per heavy atom. The minimum Gasteiger partial charge on any atom is -0.488 e. The molecule has 0 aliphatic heterocycles. The van der Waals surface area contributed by atoms with Crippen molar-refractivity contribution in [2.45, 2.75) is 20.0 Å². The predicted octanol–water partition coefficient (Wildman–Crippen LogP) is 3.47. The molecule has 0 amide bonds. The van der Waals surface area contributed by atoms with Gasteiger partial charge in [-0.2, -0.15) is 0 Å². The van der Waals surface area contributed by atoms with Gasteiger partial charge in [0, 0.05) is 21.5 Å². The topological polar surface area (TPSA) is 35.2 Å². The standard InChI is InChI=1S/C13H15NOS/c1-2-12-6-7-13(16-12)9-15-11-5-3-4-10(14)8-11/h3-8H,2,9,14H2,1H3. The van der Waals surface area contributed by atoms with Crippen LogP contribution in [0.2, 0.25) is 0 Å². The van der Waals surface area contributed by atoms with Crippen molar-refractivity contribution in [1.82, 2.24) is 0 Å². The molecule has 2 rings (SSSR count). The maximum Gasteiger partial charge on any atom is 0.122 e. The van der Waals surface area contributed by atoms with E-state index >= 15 is 0 Å². The van der Waals surface area contributed by atoms with Crippen molar-refractivity contribution in [3.63, 3.8) is 0 Å². The summed E-state index contributed by atoms with van der Waals surface area (Å²) >= 11 is 1.80. The molecule has 1 heterocycles. The van der Waals surface area contributed by atoms with Gasteiger partial charge < -0.3 is 10.5 Å². The van der Waals surface area contributed by atoms with Crippen LogP contribution in [0.15, 0.2) is 36.4 Å². The molecule has 2 nitrogen and oxygen atoms in total. The molecule has 0 saturated heterocycles. The van der Waals surface area contributed by atoms with E-state index in [1.54, 1.807) is 11.3 Å². The molecule has 0 aliphatic rings. The van der Waals surface area contributed by atoms with E-state index in [1.807, 2.05) is 24.3 Å². The first-order chi connectivity index (χ1) is 7.78. The molecule has 0 fully saturated rings. The Bertz CT molecular complexity index is 464. The highest BCUT2D eigenvalue weighted by Gasteiger charge is 2.00. The van der Waals surface area contributed by atoms with Crippen LogP contribution in [-0.4, -0.2) is 0 Å². The number of nitrogen functional groups attached to an aromatic ring is 1. The summed E-state index contributed by atoms with van der Waals surface area (Å²) in [7, 11) is 0. The first-order valence-electron chi connectivity index (χ1n) is 5.34.